The number of rotatable bonds is 2. The minimum atomic E-state index is -0.549. The molecule has 1 aromatic rings. The van der Waals surface area contributed by atoms with Crippen molar-refractivity contribution in [1.29, 1.82) is 0 Å². The third-order valence-corrected chi connectivity index (χ3v) is 2.54. The van der Waals surface area contributed by atoms with Crippen LogP contribution >= 0.6 is 0 Å². The zero-order valence-electron chi connectivity index (χ0n) is 8.42. The molecule has 0 amide bonds. The van der Waals surface area contributed by atoms with Gasteiger partial charge in [-0.05, 0) is 12.1 Å². The van der Waals surface area contributed by atoms with Crippen LogP contribution in [0, 0.1) is 0 Å². The van der Waals surface area contributed by atoms with Gasteiger partial charge in [-0.25, -0.2) is 0 Å². The first-order valence-electron chi connectivity index (χ1n) is 4.99. The Morgan fingerprint density at radius 3 is 3.06 bits per heavy atom. The first-order valence-corrected chi connectivity index (χ1v) is 4.99. The van der Waals surface area contributed by atoms with Crippen LogP contribution in [0.2, 0.25) is 0 Å². The Labute approximate surface area is 91.9 Å². The monoisotopic (exact) mass is 222 g/mol. The molecule has 0 N–H and O–H groups in total. The fraction of sp³-hybridized carbons (Fsp3) is 0.364. The van der Waals surface area contributed by atoms with Crippen molar-refractivity contribution in [3.05, 3.63) is 23.8 Å². The molecule has 3 rings (SSSR count). The van der Waals surface area contributed by atoms with Gasteiger partial charge < -0.3 is 23.7 Å². The molecule has 0 aromatic heterocycles. The maximum absolute atomic E-state index is 10.6. The molecule has 5 heteroatoms. The second kappa shape index (κ2) is 3.77. The predicted molar refractivity (Wildman–Crippen MR) is 52.2 cm³/mol. The molecule has 5 nitrogen and oxygen atoms in total. The van der Waals surface area contributed by atoms with E-state index < -0.39 is 12.4 Å². The summed E-state index contributed by atoms with van der Waals surface area (Å²) in [5, 5.41) is 0. The van der Waals surface area contributed by atoms with E-state index in [1.165, 1.54) is 0 Å². The van der Waals surface area contributed by atoms with E-state index >= 15 is 0 Å². The molecule has 0 saturated carbocycles. The Kier molecular flexibility index (Phi) is 2.27. The maximum Gasteiger partial charge on any atom is 0.231 e. The molecule has 2 unspecified atom stereocenters. The summed E-state index contributed by atoms with van der Waals surface area (Å²) in [5.74, 6) is 1.32. The summed E-state index contributed by atoms with van der Waals surface area (Å²) >= 11 is 0. The van der Waals surface area contributed by atoms with Crippen molar-refractivity contribution in [2.24, 2.45) is 0 Å². The summed E-state index contributed by atoms with van der Waals surface area (Å²) in [7, 11) is 0. The van der Waals surface area contributed by atoms with Crippen molar-refractivity contribution in [1.82, 2.24) is 0 Å². The summed E-state index contributed by atoms with van der Waals surface area (Å²) in [6.07, 6.45) is -0.310. The Morgan fingerprint density at radius 2 is 2.25 bits per heavy atom. The molecule has 1 fully saturated rings. The van der Waals surface area contributed by atoms with Gasteiger partial charge in [-0.1, -0.05) is 6.07 Å². The minimum Gasteiger partial charge on any atom is -0.454 e. The third kappa shape index (κ3) is 1.45. The minimum absolute atomic E-state index is 0.205. The van der Waals surface area contributed by atoms with Crippen LogP contribution in [-0.2, 0) is 14.3 Å². The van der Waals surface area contributed by atoms with Gasteiger partial charge in [0.05, 0.1) is 12.2 Å². The number of aldehydes is 1. The van der Waals surface area contributed by atoms with Crippen LogP contribution in [0.1, 0.15) is 11.9 Å². The third-order valence-electron chi connectivity index (χ3n) is 2.54. The number of fused-ring (bicyclic) bond motifs is 1. The van der Waals surface area contributed by atoms with Gasteiger partial charge >= 0.3 is 0 Å². The zero-order chi connectivity index (χ0) is 11.0. The summed E-state index contributed by atoms with van der Waals surface area (Å²) in [6.45, 7) is 0.481. The van der Waals surface area contributed by atoms with Gasteiger partial charge in [-0.2, -0.15) is 0 Å². The lowest BCUT2D eigenvalue weighted by Gasteiger charge is -2.11. The first kappa shape index (κ1) is 9.62. The predicted octanol–water partition coefficient (Wildman–Crippen LogP) is 1.03. The Hall–Kier alpha value is -1.59. The maximum atomic E-state index is 10.6. The highest BCUT2D eigenvalue weighted by Gasteiger charge is 2.31. The van der Waals surface area contributed by atoms with Gasteiger partial charge in [-0.15, -0.1) is 0 Å². The lowest BCUT2D eigenvalue weighted by molar-refractivity contribution is -0.119. The van der Waals surface area contributed by atoms with Crippen molar-refractivity contribution in [3.8, 4) is 11.5 Å². The van der Waals surface area contributed by atoms with Crippen LogP contribution in [0.4, 0.5) is 0 Å². The van der Waals surface area contributed by atoms with Gasteiger partial charge in [0, 0.05) is 0 Å². The molecule has 2 atom stereocenters. The number of para-hydroxylation sites is 1. The summed E-state index contributed by atoms with van der Waals surface area (Å²) in [4.78, 5) is 10.6. The largest absolute Gasteiger partial charge is 0.454 e. The van der Waals surface area contributed by atoms with Gasteiger partial charge in [0.2, 0.25) is 6.79 Å². The Bertz CT molecular complexity index is 417. The standard InChI is InChI=1S/C11H10O5/c12-4-7-5-13-11(16-7)8-2-1-3-9-10(8)15-6-14-9/h1-4,7,11H,5-6H2. The highest BCUT2D eigenvalue weighted by Crippen LogP contribution is 2.41. The van der Waals surface area contributed by atoms with Gasteiger partial charge in [-0.3, -0.25) is 0 Å². The zero-order valence-corrected chi connectivity index (χ0v) is 8.42. The smallest absolute Gasteiger partial charge is 0.231 e. The second-order valence-electron chi connectivity index (χ2n) is 3.56. The number of benzene rings is 1. The molecule has 0 bridgehead atoms. The SMILES string of the molecule is O=CC1COC(c2cccc3c2OCO3)O1. The molecule has 0 radical (unpaired) electrons. The summed E-state index contributed by atoms with van der Waals surface area (Å²) in [5.41, 5.74) is 0.763. The fourth-order valence-corrected chi connectivity index (χ4v) is 1.79. The average Bonchev–Trinajstić information content (AvgIpc) is 2.97. The molecule has 2 aliphatic heterocycles. The normalized spacial score (nSPS) is 27.0. The van der Waals surface area contributed by atoms with Crippen LogP contribution in [-0.4, -0.2) is 25.8 Å². The molecule has 2 heterocycles. The molecular weight excluding hydrogens is 212 g/mol. The highest BCUT2D eigenvalue weighted by atomic mass is 16.7. The van der Waals surface area contributed by atoms with Crippen LogP contribution < -0.4 is 9.47 Å². The average molecular weight is 222 g/mol. The Morgan fingerprint density at radius 1 is 1.31 bits per heavy atom. The number of hydrogen-bond donors (Lipinski definition) is 0. The highest BCUT2D eigenvalue weighted by molar-refractivity contribution is 5.57. The lowest BCUT2D eigenvalue weighted by Crippen LogP contribution is -2.10. The van der Waals surface area contributed by atoms with Crippen molar-refractivity contribution >= 4 is 6.29 Å². The second-order valence-corrected chi connectivity index (χ2v) is 3.56. The van der Waals surface area contributed by atoms with Crippen molar-refractivity contribution in [2.75, 3.05) is 13.4 Å². The Balaban J connectivity index is 1.90. The van der Waals surface area contributed by atoms with Crippen molar-refractivity contribution in [2.45, 2.75) is 12.4 Å². The lowest BCUT2D eigenvalue weighted by atomic mass is 10.2. The molecule has 2 aliphatic rings. The molecular formula is C11H10O5. The first-order chi connectivity index (χ1) is 7.88. The molecule has 16 heavy (non-hydrogen) atoms. The summed E-state index contributed by atoms with van der Waals surface area (Å²) < 4.78 is 21.4. The number of hydrogen-bond acceptors (Lipinski definition) is 5. The van der Waals surface area contributed by atoms with Crippen molar-refractivity contribution < 1.29 is 23.7 Å². The summed E-state index contributed by atoms with van der Waals surface area (Å²) in [6, 6.07) is 5.49. The quantitative estimate of drug-likeness (QED) is 0.699. The van der Waals surface area contributed by atoms with E-state index in [0.717, 1.165) is 11.8 Å². The van der Waals surface area contributed by atoms with Crippen molar-refractivity contribution in [3.63, 3.8) is 0 Å². The van der Waals surface area contributed by atoms with Gasteiger partial charge in [0.15, 0.2) is 24.1 Å². The van der Waals surface area contributed by atoms with Crippen LogP contribution in [0.15, 0.2) is 18.2 Å². The number of carbonyl (C=O) groups is 1. The van der Waals surface area contributed by atoms with Crippen LogP contribution in [0.25, 0.3) is 0 Å². The van der Waals surface area contributed by atoms with E-state index in [1.54, 1.807) is 0 Å². The van der Waals surface area contributed by atoms with Gasteiger partial charge in [0.1, 0.15) is 6.10 Å². The van der Waals surface area contributed by atoms with E-state index in [0.29, 0.717) is 11.5 Å². The van der Waals surface area contributed by atoms with E-state index in [4.69, 9.17) is 18.9 Å². The van der Waals surface area contributed by atoms with E-state index in [1.807, 2.05) is 18.2 Å². The van der Waals surface area contributed by atoms with E-state index in [-0.39, 0.29) is 13.4 Å². The molecule has 1 saturated heterocycles. The van der Waals surface area contributed by atoms with E-state index in [2.05, 4.69) is 0 Å². The molecule has 0 spiro atoms. The molecule has 1 aromatic carbocycles. The molecule has 84 valence electrons. The fourth-order valence-electron chi connectivity index (χ4n) is 1.79. The van der Waals surface area contributed by atoms with Crippen LogP contribution in [0.5, 0.6) is 11.5 Å². The van der Waals surface area contributed by atoms with Gasteiger partial charge in [0.25, 0.3) is 0 Å². The number of ether oxygens (including phenoxy) is 4. The van der Waals surface area contributed by atoms with E-state index in [9.17, 15) is 4.79 Å². The molecule has 0 aliphatic carbocycles. The van der Waals surface area contributed by atoms with Crippen LogP contribution in [0.3, 0.4) is 0 Å². The number of carbonyl (C=O) groups excluding carboxylic acids is 1. The topological polar surface area (TPSA) is 54.0 Å².